The van der Waals surface area contributed by atoms with E-state index in [0.717, 1.165) is 5.56 Å². The lowest BCUT2D eigenvalue weighted by molar-refractivity contribution is -0.136. The molecule has 0 saturated carbocycles. The summed E-state index contributed by atoms with van der Waals surface area (Å²) in [6.45, 7) is 6.17. The SMILES string of the molecule is COC(=O)C(=CC1CN(C(=O)OC(C)(C)C)CCO1)NC(=O)OCc1ccccc1. The molecule has 0 bridgehead atoms. The molecule has 1 aromatic carbocycles. The van der Waals surface area contributed by atoms with Crippen LogP contribution in [0.5, 0.6) is 0 Å². The number of carbonyl (C=O) groups excluding carboxylic acids is 3. The Hall–Kier alpha value is -3.07. The Bertz CT molecular complexity index is 771. The third-order valence-electron chi connectivity index (χ3n) is 3.95. The predicted octanol–water partition coefficient (Wildman–Crippen LogP) is 2.61. The van der Waals surface area contributed by atoms with E-state index in [2.05, 4.69) is 5.32 Å². The number of ether oxygens (including phenoxy) is 4. The molecule has 1 saturated heterocycles. The summed E-state index contributed by atoms with van der Waals surface area (Å²) in [7, 11) is 1.20. The summed E-state index contributed by atoms with van der Waals surface area (Å²) in [5.41, 5.74) is 0.0496. The number of methoxy groups -OCH3 is 1. The molecule has 164 valence electrons. The van der Waals surface area contributed by atoms with Gasteiger partial charge in [-0.2, -0.15) is 0 Å². The monoisotopic (exact) mass is 420 g/mol. The molecule has 1 aliphatic heterocycles. The van der Waals surface area contributed by atoms with Gasteiger partial charge < -0.3 is 23.8 Å². The Balaban J connectivity index is 2.00. The molecule has 1 atom stereocenters. The third kappa shape index (κ3) is 7.75. The van der Waals surface area contributed by atoms with Crippen LogP contribution in [0.3, 0.4) is 0 Å². The first-order valence-electron chi connectivity index (χ1n) is 9.55. The quantitative estimate of drug-likeness (QED) is 0.444. The number of nitrogens with zero attached hydrogens (tertiary/aromatic N) is 1. The normalized spacial score (nSPS) is 17.1. The Morgan fingerprint density at radius 1 is 1.23 bits per heavy atom. The van der Waals surface area contributed by atoms with E-state index in [1.165, 1.54) is 18.1 Å². The number of alkyl carbamates (subject to hydrolysis) is 1. The summed E-state index contributed by atoms with van der Waals surface area (Å²) < 4.78 is 20.8. The molecule has 1 unspecified atom stereocenters. The van der Waals surface area contributed by atoms with E-state index in [9.17, 15) is 14.4 Å². The molecule has 0 radical (unpaired) electrons. The lowest BCUT2D eigenvalue weighted by Crippen LogP contribution is -2.47. The van der Waals surface area contributed by atoms with Crippen LogP contribution in [0.2, 0.25) is 0 Å². The maximum absolute atomic E-state index is 12.3. The average molecular weight is 420 g/mol. The summed E-state index contributed by atoms with van der Waals surface area (Å²) in [5, 5.41) is 2.38. The minimum atomic E-state index is -0.810. The molecule has 2 amide bonds. The predicted molar refractivity (Wildman–Crippen MR) is 107 cm³/mol. The Morgan fingerprint density at radius 2 is 1.93 bits per heavy atom. The van der Waals surface area contributed by atoms with Crippen molar-refractivity contribution < 1.29 is 33.3 Å². The van der Waals surface area contributed by atoms with Crippen LogP contribution < -0.4 is 5.32 Å². The number of amides is 2. The zero-order valence-corrected chi connectivity index (χ0v) is 17.7. The molecule has 2 rings (SSSR count). The van der Waals surface area contributed by atoms with Gasteiger partial charge in [0.1, 0.15) is 17.9 Å². The summed E-state index contributed by atoms with van der Waals surface area (Å²) >= 11 is 0. The van der Waals surface area contributed by atoms with Crippen molar-refractivity contribution in [3.05, 3.63) is 47.7 Å². The number of rotatable bonds is 5. The minimum absolute atomic E-state index is 0.0491. The number of nitrogens with one attached hydrogen (secondary N) is 1. The summed E-state index contributed by atoms with van der Waals surface area (Å²) in [4.78, 5) is 38.0. The second-order valence-corrected chi connectivity index (χ2v) is 7.59. The molecule has 1 aromatic rings. The van der Waals surface area contributed by atoms with E-state index in [1.807, 2.05) is 30.3 Å². The number of morpholine rings is 1. The molecule has 1 heterocycles. The highest BCUT2D eigenvalue weighted by molar-refractivity contribution is 5.92. The van der Waals surface area contributed by atoms with Gasteiger partial charge in [0.25, 0.3) is 0 Å². The first-order chi connectivity index (χ1) is 14.2. The molecule has 1 fully saturated rings. The van der Waals surface area contributed by atoms with Crippen molar-refractivity contribution in [1.29, 1.82) is 0 Å². The van der Waals surface area contributed by atoms with Gasteiger partial charge in [-0.15, -0.1) is 0 Å². The van der Waals surface area contributed by atoms with Gasteiger partial charge in [-0.25, -0.2) is 14.4 Å². The Morgan fingerprint density at radius 3 is 2.57 bits per heavy atom. The maximum Gasteiger partial charge on any atom is 0.412 e. The fourth-order valence-electron chi connectivity index (χ4n) is 2.59. The van der Waals surface area contributed by atoms with E-state index in [0.29, 0.717) is 6.54 Å². The topological polar surface area (TPSA) is 103 Å². The summed E-state index contributed by atoms with van der Waals surface area (Å²) in [5.74, 6) is -0.760. The van der Waals surface area contributed by atoms with E-state index in [-0.39, 0.29) is 25.5 Å². The maximum atomic E-state index is 12.3. The fraction of sp³-hybridized carbons (Fsp3) is 0.476. The van der Waals surface area contributed by atoms with Gasteiger partial charge in [0, 0.05) is 6.54 Å². The highest BCUT2D eigenvalue weighted by atomic mass is 16.6. The number of benzene rings is 1. The lowest BCUT2D eigenvalue weighted by atomic mass is 10.2. The number of carbonyl (C=O) groups is 3. The van der Waals surface area contributed by atoms with Crippen LogP contribution in [-0.4, -0.2) is 61.6 Å². The van der Waals surface area contributed by atoms with Gasteiger partial charge in [0.15, 0.2) is 0 Å². The van der Waals surface area contributed by atoms with Crippen LogP contribution in [0.1, 0.15) is 26.3 Å². The second kappa shape index (κ2) is 10.6. The minimum Gasteiger partial charge on any atom is -0.464 e. The molecule has 0 spiro atoms. The van der Waals surface area contributed by atoms with Crippen molar-refractivity contribution in [2.24, 2.45) is 0 Å². The van der Waals surface area contributed by atoms with Crippen LogP contribution in [0.4, 0.5) is 9.59 Å². The van der Waals surface area contributed by atoms with E-state index >= 15 is 0 Å². The molecule has 30 heavy (non-hydrogen) atoms. The summed E-state index contributed by atoms with van der Waals surface area (Å²) in [6.07, 6.45) is -0.518. The van der Waals surface area contributed by atoms with Gasteiger partial charge in [-0.05, 0) is 32.4 Å². The van der Waals surface area contributed by atoms with Crippen LogP contribution in [0.15, 0.2) is 42.1 Å². The van der Waals surface area contributed by atoms with Gasteiger partial charge in [0.05, 0.1) is 26.4 Å². The van der Waals surface area contributed by atoms with Crippen molar-refractivity contribution in [1.82, 2.24) is 10.2 Å². The second-order valence-electron chi connectivity index (χ2n) is 7.59. The van der Waals surface area contributed by atoms with E-state index < -0.39 is 29.9 Å². The molecular formula is C21H28N2O7. The van der Waals surface area contributed by atoms with Crippen molar-refractivity contribution in [2.75, 3.05) is 26.8 Å². The smallest absolute Gasteiger partial charge is 0.412 e. The first kappa shape index (κ1) is 23.2. The average Bonchev–Trinajstić information content (AvgIpc) is 2.71. The number of esters is 1. The highest BCUT2D eigenvalue weighted by Crippen LogP contribution is 2.14. The van der Waals surface area contributed by atoms with Gasteiger partial charge in [-0.1, -0.05) is 30.3 Å². The van der Waals surface area contributed by atoms with E-state index in [4.69, 9.17) is 18.9 Å². The molecule has 9 heteroatoms. The van der Waals surface area contributed by atoms with Gasteiger partial charge >= 0.3 is 18.2 Å². The van der Waals surface area contributed by atoms with Crippen molar-refractivity contribution in [2.45, 2.75) is 39.1 Å². The highest BCUT2D eigenvalue weighted by Gasteiger charge is 2.28. The molecule has 0 aromatic heterocycles. The molecule has 1 aliphatic rings. The Kier molecular flexibility index (Phi) is 8.23. The largest absolute Gasteiger partial charge is 0.464 e. The molecular weight excluding hydrogens is 392 g/mol. The third-order valence-corrected chi connectivity index (χ3v) is 3.95. The van der Waals surface area contributed by atoms with Crippen LogP contribution in [-0.2, 0) is 30.3 Å². The van der Waals surface area contributed by atoms with E-state index in [1.54, 1.807) is 20.8 Å². The fourth-order valence-corrected chi connectivity index (χ4v) is 2.59. The Labute approximate surface area is 175 Å². The first-order valence-corrected chi connectivity index (χ1v) is 9.55. The zero-order valence-electron chi connectivity index (χ0n) is 17.7. The molecule has 0 aliphatic carbocycles. The van der Waals surface area contributed by atoms with Crippen molar-refractivity contribution in [3.63, 3.8) is 0 Å². The van der Waals surface area contributed by atoms with Crippen LogP contribution in [0.25, 0.3) is 0 Å². The number of hydrogen-bond donors (Lipinski definition) is 1. The zero-order chi connectivity index (χ0) is 22.1. The number of hydrogen-bond acceptors (Lipinski definition) is 7. The van der Waals surface area contributed by atoms with Gasteiger partial charge in [0.2, 0.25) is 0 Å². The molecule has 9 nitrogen and oxygen atoms in total. The van der Waals surface area contributed by atoms with Crippen molar-refractivity contribution in [3.8, 4) is 0 Å². The van der Waals surface area contributed by atoms with Gasteiger partial charge in [-0.3, -0.25) is 5.32 Å². The molecule has 1 N–H and O–H groups in total. The van der Waals surface area contributed by atoms with Crippen molar-refractivity contribution >= 4 is 18.2 Å². The van der Waals surface area contributed by atoms with Crippen LogP contribution >= 0.6 is 0 Å². The summed E-state index contributed by atoms with van der Waals surface area (Å²) in [6, 6.07) is 9.13. The lowest BCUT2D eigenvalue weighted by Gasteiger charge is -2.33. The van der Waals surface area contributed by atoms with Crippen LogP contribution in [0, 0.1) is 0 Å². The standard InChI is InChI=1S/C21H28N2O7/c1-21(2,3)30-20(26)23-10-11-28-16(13-23)12-17(18(24)27-4)22-19(25)29-14-15-8-6-5-7-9-15/h5-9,12,16H,10-11,13-14H2,1-4H3,(H,22,25).